The van der Waals surface area contributed by atoms with E-state index in [-0.39, 0.29) is 21.5 Å². The number of nitrogens with one attached hydrogen (secondary N) is 1. The minimum atomic E-state index is -3.82. The molecule has 0 spiro atoms. The van der Waals surface area contributed by atoms with E-state index in [1.807, 2.05) is 0 Å². The normalized spacial score (nSPS) is 17.7. The molecule has 1 saturated carbocycles. The fraction of sp³-hybridized carbons (Fsp3) is 0.533. The number of halogens is 1. The van der Waals surface area contributed by atoms with Gasteiger partial charge in [0.05, 0.1) is 10.6 Å². The Labute approximate surface area is 135 Å². The van der Waals surface area contributed by atoms with Gasteiger partial charge in [-0.2, -0.15) is 0 Å². The van der Waals surface area contributed by atoms with Crippen molar-refractivity contribution in [3.63, 3.8) is 0 Å². The molecule has 0 bridgehead atoms. The van der Waals surface area contributed by atoms with Gasteiger partial charge < -0.3 is 5.11 Å². The van der Waals surface area contributed by atoms with Gasteiger partial charge >= 0.3 is 5.97 Å². The molecule has 0 radical (unpaired) electrons. The molecule has 0 heterocycles. The summed E-state index contributed by atoms with van der Waals surface area (Å²) in [6, 6.07) is 3.59. The first kappa shape index (κ1) is 17.2. The van der Waals surface area contributed by atoms with Gasteiger partial charge in [-0.25, -0.2) is 17.9 Å². The summed E-state index contributed by atoms with van der Waals surface area (Å²) in [5.74, 6) is -1.18. The van der Waals surface area contributed by atoms with Crippen LogP contribution in [0.25, 0.3) is 0 Å². The fourth-order valence-electron chi connectivity index (χ4n) is 2.70. The molecule has 2 rings (SSSR count). The maximum Gasteiger partial charge on any atom is 0.335 e. The highest BCUT2D eigenvalue weighted by atomic mass is 35.5. The number of sulfonamides is 1. The van der Waals surface area contributed by atoms with Crippen LogP contribution in [0.1, 0.15) is 55.3 Å². The predicted molar refractivity (Wildman–Crippen MR) is 84.8 cm³/mol. The van der Waals surface area contributed by atoms with Crippen LogP contribution in [0.3, 0.4) is 0 Å². The third-order valence-electron chi connectivity index (χ3n) is 3.89. The Morgan fingerprint density at radius 3 is 2.32 bits per heavy atom. The van der Waals surface area contributed by atoms with Crippen molar-refractivity contribution in [2.45, 2.75) is 55.9 Å². The van der Waals surface area contributed by atoms with E-state index in [9.17, 15) is 13.2 Å². The van der Waals surface area contributed by atoms with Crippen LogP contribution in [0.4, 0.5) is 0 Å². The molecule has 7 heteroatoms. The van der Waals surface area contributed by atoms with E-state index in [4.69, 9.17) is 16.7 Å². The fourth-order valence-corrected chi connectivity index (χ4v) is 4.53. The van der Waals surface area contributed by atoms with Gasteiger partial charge in [0.15, 0.2) is 0 Å². The van der Waals surface area contributed by atoms with Gasteiger partial charge in [0.1, 0.15) is 4.90 Å². The molecule has 1 fully saturated rings. The summed E-state index contributed by atoms with van der Waals surface area (Å²) in [6.45, 7) is 0. The van der Waals surface area contributed by atoms with Crippen LogP contribution >= 0.6 is 11.6 Å². The largest absolute Gasteiger partial charge is 0.478 e. The summed E-state index contributed by atoms with van der Waals surface area (Å²) in [4.78, 5) is 10.8. The summed E-state index contributed by atoms with van der Waals surface area (Å²) in [5.41, 5.74) is -0.0950. The summed E-state index contributed by atoms with van der Waals surface area (Å²) in [7, 11) is -3.82. The number of carbonyl (C=O) groups is 1. The van der Waals surface area contributed by atoms with Crippen molar-refractivity contribution in [3.05, 3.63) is 28.8 Å². The summed E-state index contributed by atoms with van der Waals surface area (Å²) < 4.78 is 27.7. The highest BCUT2D eigenvalue weighted by molar-refractivity contribution is 7.89. The zero-order chi connectivity index (χ0) is 16.2. The molecule has 122 valence electrons. The van der Waals surface area contributed by atoms with E-state index < -0.39 is 16.0 Å². The van der Waals surface area contributed by atoms with Crippen molar-refractivity contribution in [2.24, 2.45) is 0 Å². The third kappa shape index (κ3) is 4.44. The molecule has 1 aromatic carbocycles. The minimum absolute atomic E-state index is 0.0309. The van der Waals surface area contributed by atoms with Crippen molar-refractivity contribution in [1.82, 2.24) is 4.72 Å². The van der Waals surface area contributed by atoms with Gasteiger partial charge in [-0.3, -0.25) is 0 Å². The van der Waals surface area contributed by atoms with Gasteiger partial charge in [-0.05, 0) is 31.0 Å². The number of rotatable bonds is 4. The minimum Gasteiger partial charge on any atom is -0.478 e. The lowest BCUT2D eigenvalue weighted by atomic mass is 9.97. The molecule has 1 aromatic rings. The second kappa shape index (κ2) is 7.44. The van der Waals surface area contributed by atoms with Crippen LogP contribution < -0.4 is 4.72 Å². The van der Waals surface area contributed by atoms with Gasteiger partial charge in [0.2, 0.25) is 10.0 Å². The Morgan fingerprint density at radius 2 is 1.73 bits per heavy atom. The number of carboxylic acid groups (broad SMARTS) is 1. The van der Waals surface area contributed by atoms with Crippen molar-refractivity contribution < 1.29 is 18.3 Å². The van der Waals surface area contributed by atoms with E-state index in [0.717, 1.165) is 44.6 Å². The number of aromatic carboxylic acids is 1. The Hall–Kier alpha value is -1.11. The molecule has 0 aliphatic heterocycles. The summed E-state index contributed by atoms with van der Waals surface area (Å²) in [6.07, 6.45) is 7.03. The second-order valence-corrected chi connectivity index (χ2v) is 7.70. The topological polar surface area (TPSA) is 83.5 Å². The maximum absolute atomic E-state index is 12.5. The molecule has 0 aromatic heterocycles. The lowest BCUT2D eigenvalue weighted by molar-refractivity contribution is 0.0696. The van der Waals surface area contributed by atoms with E-state index in [1.165, 1.54) is 18.6 Å². The smallest absolute Gasteiger partial charge is 0.335 e. The van der Waals surface area contributed by atoms with Crippen molar-refractivity contribution in [1.29, 1.82) is 0 Å². The van der Waals surface area contributed by atoms with Gasteiger partial charge in [-0.1, -0.05) is 43.7 Å². The van der Waals surface area contributed by atoms with Crippen LogP contribution in [-0.2, 0) is 10.0 Å². The molecule has 0 amide bonds. The van der Waals surface area contributed by atoms with Crippen LogP contribution in [0.2, 0.25) is 5.02 Å². The maximum atomic E-state index is 12.5. The second-order valence-electron chi connectivity index (χ2n) is 5.61. The molecule has 2 N–H and O–H groups in total. The predicted octanol–water partition coefficient (Wildman–Crippen LogP) is 3.43. The summed E-state index contributed by atoms with van der Waals surface area (Å²) in [5, 5.41) is 9.03. The lowest BCUT2D eigenvalue weighted by Crippen LogP contribution is -2.35. The quantitative estimate of drug-likeness (QED) is 0.875. The number of hydrogen-bond acceptors (Lipinski definition) is 3. The molecule has 1 aliphatic rings. The SMILES string of the molecule is O=C(O)c1ccc(Cl)c(S(=O)(=O)NC2CCCCCCC2)c1. The first-order valence-corrected chi connectivity index (χ1v) is 9.31. The molecular formula is C15H20ClNO4S. The molecular weight excluding hydrogens is 326 g/mol. The van der Waals surface area contributed by atoms with Crippen LogP contribution in [0, 0.1) is 0 Å². The van der Waals surface area contributed by atoms with E-state index in [2.05, 4.69) is 4.72 Å². The Morgan fingerprint density at radius 1 is 1.14 bits per heavy atom. The Balaban J connectivity index is 2.22. The van der Waals surface area contributed by atoms with Gasteiger partial charge in [-0.15, -0.1) is 0 Å². The van der Waals surface area contributed by atoms with Crippen LogP contribution in [0.5, 0.6) is 0 Å². The third-order valence-corrected chi connectivity index (χ3v) is 5.90. The Bertz CT molecular complexity index is 637. The van der Waals surface area contributed by atoms with Crippen molar-refractivity contribution in [3.8, 4) is 0 Å². The van der Waals surface area contributed by atoms with Gasteiger partial charge in [0.25, 0.3) is 0 Å². The molecule has 0 unspecified atom stereocenters. The molecule has 1 aliphatic carbocycles. The molecule has 0 atom stereocenters. The number of hydrogen-bond donors (Lipinski definition) is 2. The average molecular weight is 346 g/mol. The van der Waals surface area contributed by atoms with E-state index >= 15 is 0 Å². The Kier molecular flexibility index (Phi) is 5.83. The monoisotopic (exact) mass is 345 g/mol. The zero-order valence-electron chi connectivity index (χ0n) is 12.2. The lowest BCUT2D eigenvalue weighted by Gasteiger charge is -2.21. The highest BCUT2D eigenvalue weighted by Gasteiger charge is 2.24. The van der Waals surface area contributed by atoms with E-state index in [1.54, 1.807) is 0 Å². The first-order chi connectivity index (χ1) is 10.4. The van der Waals surface area contributed by atoms with Crippen LogP contribution in [0.15, 0.2) is 23.1 Å². The zero-order valence-corrected chi connectivity index (χ0v) is 13.8. The number of benzene rings is 1. The van der Waals surface area contributed by atoms with E-state index in [0.29, 0.717) is 0 Å². The van der Waals surface area contributed by atoms with Crippen LogP contribution in [-0.4, -0.2) is 25.5 Å². The van der Waals surface area contributed by atoms with Crippen molar-refractivity contribution >= 4 is 27.6 Å². The highest BCUT2D eigenvalue weighted by Crippen LogP contribution is 2.25. The number of carboxylic acids is 1. The standard InChI is InChI=1S/C15H20ClNO4S/c16-13-9-8-11(15(18)19)10-14(13)22(20,21)17-12-6-4-2-1-3-5-7-12/h8-10,12,17H,1-7H2,(H,18,19). The van der Waals surface area contributed by atoms with Crippen molar-refractivity contribution in [2.75, 3.05) is 0 Å². The molecule has 0 saturated heterocycles. The average Bonchev–Trinajstić information content (AvgIpc) is 2.41. The van der Waals surface area contributed by atoms with Gasteiger partial charge in [0, 0.05) is 6.04 Å². The molecule has 22 heavy (non-hydrogen) atoms. The molecule has 5 nitrogen and oxygen atoms in total. The first-order valence-electron chi connectivity index (χ1n) is 7.45. The summed E-state index contributed by atoms with van der Waals surface area (Å²) >= 11 is 5.95.